The van der Waals surface area contributed by atoms with Crippen molar-refractivity contribution in [2.45, 2.75) is 12.7 Å². The van der Waals surface area contributed by atoms with E-state index in [0.717, 1.165) is 0 Å². The van der Waals surface area contributed by atoms with Crippen molar-refractivity contribution in [2.75, 3.05) is 13.0 Å². The summed E-state index contributed by atoms with van der Waals surface area (Å²) in [7, 11) is 0. The average Bonchev–Trinajstić information content (AvgIpc) is 2.11. The van der Waals surface area contributed by atoms with Gasteiger partial charge in [-0.1, -0.05) is 0 Å². The van der Waals surface area contributed by atoms with Crippen LogP contribution in [0.5, 0.6) is 0 Å². The lowest BCUT2D eigenvalue weighted by molar-refractivity contribution is -0.142. The summed E-state index contributed by atoms with van der Waals surface area (Å²) in [5, 5.41) is 10.3. The van der Waals surface area contributed by atoms with Gasteiger partial charge in [0.15, 0.2) is 0 Å². The van der Waals surface area contributed by atoms with Gasteiger partial charge < -0.3 is 10.4 Å². The lowest BCUT2D eigenvalue weighted by atomic mass is 10.0. The van der Waals surface area contributed by atoms with Gasteiger partial charge in [-0.3, -0.25) is 4.79 Å². The first kappa shape index (κ1) is 1.53. The van der Waals surface area contributed by atoms with Crippen molar-refractivity contribution in [3.63, 3.8) is 0 Å². The topological polar surface area (TPSA) is 49.3 Å². The summed E-state index contributed by atoms with van der Waals surface area (Å²) in [6, 6.07) is 0. The van der Waals surface area contributed by atoms with Crippen molar-refractivity contribution in [1.29, 1.82) is 0 Å². The SMILES string of the molecule is [2H]C1([2H])NC([2H])([2H])[C@]([2H])(C(=O)O)C([2H])([2H])C1([2H])[2H]. The Morgan fingerprint density at radius 2 is 2.78 bits per heavy atom. The van der Waals surface area contributed by atoms with E-state index >= 15 is 0 Å². The van der Waals surface area contributed by atoms with E-state index in [0.29, 0.717) is 0 Å². The first-order valence-corrected chi connectivity index (χ1v) is 2.18. The molecule has 0 saturated carbocycles. The van der Waals surface area contributed by atoms with Crippen LogP contribution in [0, 0.1) is 5.89 Å². The molecule has 1 fully saturated rings. The molecule has 2 N–H and O–H groups in total. The smallest absolute Gasteiger partial charge is 0.307 e. The maximum absolute atomic E-state index is 11.0. The molecular weight excluding hydrogens is 118 g/mol. The molecule has 3 heteroatoms. The Kier molecular flexibility index (Phi) is 0.481. The quantitative estimate of drug-likeness (QED) is 0.539. The van der Waals surface area contributed by atoms with Crippen LogP contribution in [0.15, 0.2) is 0 Å². The minimum Gasteiger partial charge on any atom is -0.481 e. The number of aliphatic carboxylic acids is 1. The van der Waals surface area contributed by atoms with Gasteiger partial charge >= 0.3 is 5.97 Å². The summed E-state index contributed by atoms with van der Waals surface area (Å²) in [6.45, 7) is -6.46. The summed E-state index contributed by atoms with van der Waals surface area (Å²) in [5.41, 5.74) is 0. The third-order valence-electron chi connectivity index (χ3n) is 0.714. The van der Waals surface area contributed by atoms with Crippen LogP contribution >= 0.6 is 0 Å². The molecule has 0 amide bonds. The van der Waals surface area contributed by atoms with E-state index in [4.69, 9.17) is 17.4 Å². The van der Waals surface area contributed by atoms with Crippen LogP contribution in [-0.4, -0.2) is 24.1 Å². The standard InChI is InChI=1S/C6H11NO2/c8-6(9)5-2-1-3-7-4-5/h5,7H,1-4H2,(H,8,9)/t5-/m1/s1/i1D2,2D2,3D2,4D2,5D. The number of piperidine rings is 1. The van der Waals surface area contributed by atoms with Gasteiger partial charge in [-0.25, -0.2) is 0 Å². The number of carboxylic acid groups (broad SMARTS) is 1. The number of nitrogens with one attached hydrogen (secondary N) is 1. The second kappa shape index (κ2) is 2.82. The molecule has 1 aliphatic rings. The predicted octanol–water partition coefficient (Wildman–Crippen LogP) is 0.0706. The molecule has 0 unspecified atom stereocenters. The van der Waals surface area contributed by atoms with Gasteiger partial charge in [-0.2, -0.15) is 0 Å². The van der Waals surface area contributed by atoms with E-state index < -0.39 is 37.6 Å². The molecule has 9 heavy (non-hydrogen) atoms. The fraction of sp³-hybridized carbons (Fsp3) is 0.833. The van der Waals surface area contributed by atoms with Gasteiger partial charge in [0, 0.05) is 18.8 Å². The summed E-state index contributed by atoms with van der Waals surface area (Å²) >= 11 is 0. The van der Waals surface area contributed by atoms with Crippen LogP contribution in [0.4, 0.5) is 0 Å². The van der Waals surface area contributed by atoms with Crippen molar-refractivity contribution >= 4 is 5.97 Å². The van der Waals surface area contributed by atoms with Crippen molar-refractivity contribution < 1.29 is 22.2 Å². The average molecular weight is 138 g/mol. The predicted molar refractivity (Wildman–Crippen MR) is 33.2 cm³/mol. The van der Waals surface area contributed by atoms with E-state index in [9.17, 15) is 4.79 Å². The minimum absolute atomic E-state index is 1.43. The van der Waals surface area contributed by atoms with Crippen molar-refractivity contribution in [2.24, 2.45) is 5.89 Å². The molecule has 1 saturated heterocycles. The lowest BCUT2D eigenvalue weighted by Crippen LogP contribution is -2.34. The number of hydrogen-bond acceptors (Lipinski definition) is 2. The molecule has 1 atom stereocenters. The van der Waals surface area contributed by atoms with Gasteiger partial charge in [0.05, 0.1) is 5.89 Å². The number of carboxylic acids is 1. The zero-order valence-corrected chi connectivity index (χ0v) is 4.36. The van der Waals surface area contributed by atoms with Crippen LogP contribution in [0.1, 0.15) is 25.1 Å². The van der Waals surface area contributed by atoms with Crippen LogP contribution in [0.25, 0.3) is 0 Å². The highest BCUT2D eigenvalue weighted by Gasteiger charge is 2.18. The van der Waals surface area contributed by atoms with Crippen LogP contribution in [0.2, 0.25) is 0 Å². The van der Waals surface area contributed by atoms with Crippen molar-refractivity contribution in [1.82, 2.24) is 5.32 Å². The van der Waals surface area contributed by atoms with Crippen LogP contribution < -0.4 is 5.32 Å². The third-order valence-corrected chi connectivity index (χ3v) is 0.714. The second-order valence-corrected chi connectivity index (χ2v) is 1.31. The molecule has 1 heterocycles. The molecule has 1 rings (SSSR count). The third kappa shape index (κ3) is 1.68. The highest BCUT2D eigenvalue weighted by atomic mass is 16.4. The Hall–Kier alpha value is -0.570. The minimum atomic E-state index is -3.59. The summed E-state index contributed by atoms with van der Waals surface area (Å²) < 4.78 is 66.3. The fourth-order valence-electron chi connectivity index (χ4n) is 0.357. The monoisotopic (exact) mass is 138 g/mol. The molecule has 52 valence electrons. The first-order chi connectivity index (χ1) is 7.65. The molecule has 0 bridgehead atoms. The van der Waals surface area contributed by atoms with Gasteiger partial charge in [-0.15, -0.1) is 0 Å². The largest absolute Gasteiger partial charge is 0.481 e. The van der Waals surface area contributed by atoms with E-state index in [2.05, 4.69) is 0 Å². The molecule has 0 aromatic rings. The first-order valence-electron chi connectivity index (χ1n) is 6.68. The Balaban J connectivity index is 3.60. The second-order valence-electron chi connectivity index (χ2n) is 1.31. The molecule has 3 nitrogen and oxygen atoms in total. The van der Waals surface area contributed by atoms with Gasteiger partial charge in [0.25, 0.3) is 0 Å². The Labute approximate surface area is 66.7 Å². The van der Waals surface area contributed by atoms with Gasteiger partial charge in [-0.05, 0) is 19.2 Å². The Morgan fingerprint density at radius 3 is 3.44 bits per heavy atom. The lowest BCUT2D eigenvalue weighted by Gasteiger charge is -2.18. The summed E-state index contributed by atoms with van der Waals surface area (Å²) in [4.78, 5) is 11.0. The van der Waals surface area contributed by atoms with Gasteiger partial charge in [0.2, 0.25) is 0 Å². The van der Waals surface area contributed by atoms with E-state index in [-0.39, 0.29) is 0 Å². The maximum atomic E-state index is 11.0. The maximum Gasteiger partial charge on any atom is 0.307 e. The van der Waals surface area contributed by atoms with Gasteiger partial charge in [0.1, 0.15) is 0 Å². The fourth-order valence-corrected chi connectivity index (χ4v) is 0.357. The molecule has 0 aromatic carbocycles. The molecule has 0 spiro atoms. The molecule has 0 aromatic heterocycles. The highest BCUT2D eigenvalue weighted by Crippen LogP contribution is 2.08. The zero-order valence-electron chi connectivity index (χ0n) is 13.4. The number of carbonyl (C=O) groups is 1. The number of hydrogen-bond donors (Lipinski definition) is 2. The van der Waals surface area contributed by atoms with Crippen LogP contribution in [-0.2, 0) is 4.79 Å². The molecule has 0 radical (unpaired) electrons. The summed E-state index contributed by atoms with van der Waals surface area (Å²) in [5.74, 6) is -5.75. The van der Waals surface area contributed by atoms with Crippen LogP contribution in [0.3, 0.4) is 0 Å². The molecule has 0 aliphatic carbocycles. The van der Waals surface area contributed by atoms with Crippen molar-refractivity contribution in [3.8, 4) is 0 Å². The normalized spacial score (nSPS) is 73.1. The van der Waals surface area contributed by atoms with E-state index in [1.807, 2.05) is 0 Å². The van der Waals surface area contributed by atoms with E-state index in [1.165, 1.54) is 5.32 Å². The Bertz CT molecular complexity index is 395. The molecule has 1 aliphatic heterocycles. The highest BCUT2D eigenvalue weighted by molar-refractivity contribution is 5.70. The zero-order chi connectivity index (χ0) is 14.8. The summed E-state index contributed by atoms with van der Waals surface area (Å²) in [6.07, 6.45) is -7.00. The number of rotatable bonds is 1. The van der Waals surface area contributed by atoms with Crippen molar-refractivity contribution in [3.05, 3.63) is 0 Å². The van der Waals surface area contributed by atoms with E-state index in [1.54, 1.807) is 0 Å². The molecular formula is C6H11NO2. The Morgan fingerprint density at radius 1 is 2.00 bits per heavy atom.